The number of hydrogen-bond acceptors (Lipinski definition) is 5. The van der Waals surface area contributed by atoms with Gasteiger partial charge in [0.15, 0.2) is 5.75 Å². The first kappa shape index (κ1) is 19.8. The molecule has 2 heterocycles. The molecule has 0 bridgehead atoms. The maximum atomic E-state index is 12.7. The SMILES string of the molecule is Cc1cccc(CN2CCN(C(=O)Oc3cc(C#N)cnc3C)[C@H](C)C2)c1C. The van der Waals surface area contributed by atoms with Crippen LogP contribution in [0.2, 0.25) is 0 Å². The summed E-state index contributed by atoms with van der Waals surface area (Å²) in [5.41, 5.74) is 4.93. The monoisotopic (exact) mass is 378 g/mol. The highest BCUT2D eigenvalue weighted by atomic mass is 16.6. The lowest BCUT2D eigenvalue weighted by molar-refractivity contribution is 0.0749. The molecule has 0 saturated carbocycles. The van der Waals surface area contributed by atoms with Crippen molar-refractivity contribution < 1.29 is 9.53 Å². The van der Waals surface area contributed by atoms with Gasteiger partial charge in [-0.05, 0) is 44.4 Å². The van der Waals surface area contributed by atoms with Crippen molar-refractivity contribution in [2.75, 3.05) is 19.6 Å². The van der Waals surface area contributed by atoms with Gasteiger partial charge in [0.25, 0.3) is 0 Å². The molecule has 1 aromatic carbocycles. The summed E-state index contributed by atoms with van der Waals surface area (Å²) in [7, 11) is 0. The molecule has 1 atom stereocenters. The molecule has 1 aliphatic rings. The Labute approximate surface area is 166 Å². The van der Waals surface area contributed by atoms with Gasteiger partial charge in [0.2, 0.25) is 0 Å². The summed E-state index contributed by atoms with van der Waals surface area (Å²) >= 11 is 0. The molecule has 0 N–H and O–H groups in total. The average molecular weight is 378 g/mol. The number of nitriles is 1. The fraction of sp³-hybridized carbons (Fsp3) is 0.409. The molecule has 2 aromatic rings. The van der Waals surface area contributed by atoms with E-state index in [0.29, 0.717) is 23.6 Å². The number of aryl methyl sites for hydroxylation is 2. The number of benzene rings is 1. The van der Waals surface area contributed by atoms with Crippen molar-refractivity contribution in [1.82, 2.24) is 14.8 Å². The van der Waals surface area contributed by atoms with Crippen LogP contribution in [0.4, 0.5) is 4.79 Å². The largest absolute Gasteiger partial charge is 0.415 e. The topological polar surface area (TPSA) is 69.5 Å². The van der Waals surface area contributed by atoms with Crippen molar-refractivity contribution >= 4 is 6.09 Å². The Morgan fingerprint density at radius 2 is 2.11 bits per heavy atom. The highest BCUT2D eigenvalue weighted by molar-refractivity contribution is 5.71. The van der Waals surface area contributed by atoms with Gasteiger partial charge in [0, 0.05) is 44.5 Å². The number of hydrogen-bond donors (Lipinski definition) is 0. The fourth-order valence-corrected chi connectivity index (χ4v) is 3.50. The second kappa shape index (κ2) is 8.41. The Balaban J connectivity index is 1.63. The molecule has 6 heteroatoms. The summed E-state index contributed by atoms with van der Waals surface area (Å²) < 4.78 is 5.54. The lowest BCUT2D eigenvalue weighted by atomic mass is 10.0. The van der Waals surface area contributed by atoms with Crippen LogP contribution in [0.15, 0.2) is 30.5 Å². The summed E-state index contributed by atoms with van der Waals surface area (Å²) in [6.45, 7) is 11.2. The zero-order valence-electron chi connectivity index (χ0n) is 16.9. The fourth-order valence-electron chi connectivity index (χ4n) is 3.50. The highest BCUT2D eigenvalue weighted by Gasteiger charge is 2.29. The van der Waals surface area contributed by atoms with Crippen LogP contribution in [0.5, 0.6) is 5.75 Å². The van der Waals surface area contributed by atoms with E-state index >= 15 is 0 Å². The van der Waals surface area contributed by atoms with Crippen molar-refractivity contribution in [2.45, 2.75) is 40.3 Å². The quantitative estimate of drug-likeness (QED) is 0.816. The molecule has 0 spiro atoms. The van der Waals surface area contributed by atoms with E-state index in [2.05, 4.69) is 41.9 Å². The van der Waals surface area contributed by atoms with Gasteiger partial charge in [0.1, 0.15) is 6.07 Å². The number of aromatic nitrogens is 1. The van der Waals surface area contributed by atoms with Gasteiger partial charge < -0.3 is 9.64 Å². The molecular formula is C22H26N4O2. The second-order valence-corrected chi connectivity index (χ2v) is 7.42. The van der Waals surface area contributed by atoms with Crippen molar-refractivity contribution in [3.05, 3.63) is 58.4 Å². The number of nitrogens with zero attached hydrogens (tertiary/aromatic N) is 4. The maximum Gasteiger partial charge on any atom is 0.415 e. The van der Waals surface area contributed by atoms with Crippen molar-refractivity contribution in [1.29, 1.82) is 5.26 Å². The molecular weight excluding hydrogens is 352 g/mol. The van der Waals surface area contributed by atoms with Gasteiger partial charge in [-0.3, -0.25) is 9.88 Å². The summed E-state index contributed by atoms with van der Waals surface area (Å²) in [5.74, 6) is 0.342. The smallest absolute Gasteiger partial charge is 0.408 e. The number of pyridine rings is 1. The minimum Gasteiger partial charge on any atom is -0.408 e. The van der Waals surface area contributed by atoms with Gasteiger partial charge >= 0.3 is 6.09 Å². The van der Waals surface area contributed by atoms with E-state index in [4.69, 9.17) is 10.00 Å². The Morgan fingerprint density at radius 1 is 1.32 bits per heavy atom. The normalized spacial score (nSPS) is 17.2. The van der Waals surface area contributed by atoms with E-state index in [0.717, 1.165) is 19.6 Å². The number of rotatable bonds is 3. The zero-order chi connectivity index (χ0) is 20.3. The van der Waals surface area contributed by atoms with Crippen LogP contribution in [-0.4, -0.2) is 46.6 Å². The van der Waals surface area contributed by atoms with E-state index in [9.17, 15) is 4.79 Å². The van der Waals surface area contributed by atoms with Gasteiger partial charge in [0.05, 0.1) is 11.3 Å². The molecule has 1 aromatic heterocycles. The first-order valence-electron chi connectivity index (χ1n) is 9.51. The van der Waals surface area contributed by atoms with Crippen molar-refractivity contribution in [2.24, 2.45) is 0 Å². The van der Waals surface area contributed by atoms with E-state index in [-0.39, 0.29) is 12.1 Å². The predicted molar refractivity (Wildman–Crippen MR) is 107 cm³/mol. The summed E-state index contributed by atoms with van der Waals surface area (Å²) in [4.78, 5) is 20.9. The molecule has 1 amide bonds. The van der Waals surface area contributed by atoms with Crippen LogP contribution in [-0.2, 0) is 6.54 Å². The minimum atomic E-state index is -0.390. The van der Waals surface area contributed by atoms with Gasteiger partial charge in [-0.15, -0.1) is 0 Å². The average Bonchev–Trinajstić information content (AvgIpc) is 2.67. The van der Waals surface area contributed by atoms with E-state index < -0.39 is 0 Å². The second-order valence-electron chi connectivity index (χ2n) is 7.42. The van der Waals surface area contributed by atoms with Crippen molar-refractivity contribution in [3.63, 3.8) is 0 Å². The molecule has 1 saturated heterocycles. The van der Waals surface area contributed by atoms with Crippen LogP contribution >= 0.6 is 0 Å². The van der Waals surface area contributed by atoms with Crippen molar-refractivity contribution in [3.8, 4) is 11.8 Å². The number of carbonyl (C=O) groups is 1. The van der Waals surface area contributed by atoms with Gasteiger partial charge in [-0.1, -0.05) is 18.2 Å². The number of ether oxygens (including phenoxy) is 1. The van der Waals surface area contributed by atoms with Crippen LogP contribution < -0.4 is 4.74 Å². The number of amides is 1. The first-order chi connectivity index (χ1) is 13.4. The minimum absolute atomic E-state index is 0.0405. The van der Waals surface area contributed by atoms with Crippen LogP contribution in [0, 0.1) is 32.1 Å². The lowest BCUT2D eigenvalue weighted by Crippen LogP contribution is -2.54. The maximum absolute atomic E-state index is 12.7. The molecule has 6 nitrogen and oxygen atoms in total. The third-order valence-electron chi connectivity index (χ3n) is 5.42. The van der Waals surface area contributed by atoms with E-state index in [1.54, 1.807) is 17.9 Å². The van der Waals surface area contributed by atoms with E-state index in [1.807, 2.05) is 13.0 Å². The highest BCUT2D eigenvalue weighted by Crippen LogP contribution is 2.21. The molecule has 1 aliphatic heterocycles. The van der Waals surface area contributed by atoms with E-state index in [1.165, 1.54) is 22.9 Å². The molecule has 0 aliphatic carbocycles. The van der Waals surface area contributed by atoms with Gasteiger partial charge in [-0.2, -0.15) is 5.26 Å². The molecule has 0 unspecified atom stereocenters. The summed E-state index contributed by atoms with van der Waals surface area (Å²) in [6.07, 6.45) is 1.08. The first-order valence-corrected chi connectivity index (χ1v) is 9.51. The molecule has 28 heavy (non-hydrogen) atoms. The van der Waals surface area contributed by atoms with Crippen LogP contribution in [0.25, 0.3) is 0 Å². The Bertz CT molecular complexity index is 919. The Morgan fingerprint density at radius 3 is 2.82 bits per heavy atom. The number of piperazine rings is 1. The molecule has 1 fully saturated rings. The van der Waals surface area contributed by atoms with Crippen LogP contribution in [0.3, 0.4) is 0 Å². The van der Waals surface area contributed by atoms with Crippen LogP contribution in [0.1, 0.15) is 34.9 Å². The molecule has 3 rings (SSSR count). The Kier molecular flexibility index (Phi) is 5.96. The number of carbonyl (C=O) groups excluding carboxylic acids is 1. The predicted octanol–water partition coefficient (Wildman–Crippen LogP) is 3.58. The van der Waals surface area contributed by atoms with Gasteiger partial charge in [-0.25, -0.2) is 4.79 Å². The lowest BCUT2D eigenvalue weighted by Gasteiger charge is -2.39. The standard InChI is InChI=1S/C22H26N4O2/c1-15-6-5-7-20(17(15)3)14-25-8-9-26(16(2)13-25)22(27)28-21-10-19(11-23)12-24-18(21)4/h5-7,10,12,16H,8-9,13-14H2,1-4H3/t16-/m1/s1. The Hall–Kier alpha value is -2.91. The molecule has 0 radical (unpaired) electrons. The third-order valence-corrected chi connectivity index (χ3v) is 5.42. The third kappa shape index (κ3) is 4.32. The molecule has 146 valence electrons. The summed E-state index contributed by atoms with van der Waals surface area (Å²) in [5, 5.41) is 9.02. The zero-order valence-corrected chi connectivity index (χ0v) is 16.9. The summed E-state index contributed by atoms with van der Waals surface area (Å²) in [6, 6.07) is 10.0.